The van der Waals surface area contributed by atoms with E-state index in [1.165, 1.54) is 11.1 Å². The molecule has 0 saturated heterocycles. The minimum absolute atomic E-state index is 0.0531. The molecule has 0 bridgehead atoms. The predicted molar refractivity (Wildman–Crippen MR) is 123 cm³/mol. The molecule has 1 fully saturated rings. The van der Waals surface area contributed by atoms with E-state index in [1.807, 2.05) is 30.3 Å². The summed E-state index contributed by atoms with van der Waals surface area (Å²) < 4.78 is 6.26. The zero-order valence-corrected chi connectivity index (χ0v) is 18.3. The van der Waals surface area contributed by atoms with Crippen LogP contribution in [0.4, 0.5) is 0 Å². The number of nitrogens with zero attached hydrogens (tertiary/aromatic N) is 1. The van der Waals surface area contributed by atoms with Gasteiger partial charge in [-0.05, 0) is 42.2 Å². The van der Waals surface area contributed by atoms with E-state index in [0.29, 0.717) is 5.75 Å². The highest BCUT2D eigenvalue weighted by atomic mass is 79.9. The molecule has 1 amide bonds. The lowest BCUT2D eigenvalue weighted by atomic mass is 9.55. The van der Waals surface area contributed by atoms with E-state index >= 15 is 0 Å². The van der Waals surface area contributed by atoms with Gasteiger partial charge in [-0.3, -0.25) is 4.79 Å². The number of carbonyl (C=O) groups excluding carboxylic acids is 1. The third-order valence-corrected chi connectivity index (χ3v) is 6.28. The molecule has 1 saturated carbocycles. The molecule has 4 rings (SSSR count). The van der Waals surface area contributed by atoms with Crippen LogP contribution >= 0.6 is 15.9 Å². The number of halogens is 1. The van der Waals surface area contributed by atoms with Gasteiger partial charge in [-0.25, -0.2) is 5.43 Å². The summed E-state index contributed by atoms with van der Waals surface area (Å²) >= 11 is 3.44. The molecule has 0 atom stereocenters. The van der Waals surface area contributed by atoms with Gasteiger partial charge in [-0.15, -0.1) is 0 Å². The lowest BCUT2D eigenvalue weighted by Crippen LogP contribution is -2.48. The summed E-state index contributed by atoms with van der Waals surface area (Å²) in [6.45, 7) is 0. The second kappa shape index (κ2) is 8.84. The van der Waals surface area contributed by atoms with Crippen molar-refractivity contribution in [3.05, 3.63) is 100 Å². The third kappa shape index (κ3) is 4.03. The topological polar surface area (TPSA) is 50.7 Å². The van der Waals surface area contributed by atoms with Crippen molar-refractivity contribution in [1.82, 2.24) is 5.43 Å². The van der Waals surface area contributed by atoms with Crippen LogP contribution in [0.5, 0.6) is 5.75 Å². The standard InChI is InChI=1S/C25H23BrN2O2/c1-30-23-13-12-22(26)14-18(23)17-27-28-24(29)19-15-25(16-19,20-8-4-2-5-9-20)21-10-6-3-7-11-21/h2-14,17,19H,15-16H2,1H3,(H,28,29)/b27-17+. The van der Waals surface area contributed by atoms with Crippen molar-refractivity contribution in [3.63, 3.8) is 0 Å². The molecule has 0 spiro atoms. The zero-order chi connectivity index (χ0) is 21.0. The molecule has 0 aromatic heterocycles. The van der Waals surface area contributed by atoms with Gasteiger partial charge in [0.1, 0.15) is 5.75 Å². The fourth-order valence-electron chi connectivity index (χ4n) is 4.18. The van der Waals surface area contributed by atoms with Crippen LogP contribution in [0.15, 0.2) is 88.4 Å². The van der Waals surface area contributed by atoms with Crippen molar-refractivity contribution < 1.29 is 9.53 Å². The van der Waals surface area contributed by atoms with E-state index in [-0.39, 0.29) is 17.2 Å². The first kappa shape index (κ1) is 20.4. The van der Waals surface area contributed by atoms with Crippen LogP contribution in [0.25, 0.3) is 0 Å². The summed E-state index contributed by atoms with van der Waals surface area (Å²) in [5.41, 5.74) is 5.88. The number of hydrogen-bond donors (Lipinski definition) is 1. The molecule has 3 aromatic carbocycles. The molecule has 0 unspecified atom stereocenters. The van der Waals surface area contributed by atoms with Gasteiger partial charge in [-0.2, -0.15) is 5.10 Å². The summed E-state index contributed by atoms with van der Waals surface area (Å²) in [6.07, 6.45) is 3.15. The molecule has 3 aromatic rings. The summed E-state index contributed by atoms with van der Waals surface area (Å²) in [7, 11) is 1.61. The smallest absolute Gasteiger partial charge is 0.243 e. The lowest BCUT2D eigenvalue weighted by Gasteiger charge is -2.47. The number of amides is 1. The highest BCUT2D eigenvalue weighted by molar-refractivity contribution is 9.10. The molecule has 30 heavy (non-hydrogen) atoms. The van der Waals surface area contributed by atoms with Crippen LogP contribution in [0.3, 0.4) is 0 Å². The Morgan fingerprint density at radius 1 is 1.03 bits per heavy atom. The number of hydrazone groups is 1. The first-order valence-electron chi connectivity index (χ1n) is 9.90. The van der Waals surface area contributed by atoms with Crippen LogP contribution in [-0.2, 0) is 10.2 Å². The van der Waals surface area contributed by atoms with Crippen molar-refractivity contribution in [2.75, 3.05) is 7.11 Å². The first-order valence-corrected chi connectivity index (χ1v) is 10.7. The second-order valence-electron chi connectivity index (χ2n) is 7.54. The Morgan fingerprint density at radius 3 is 2.20 bits per heavy atom. The summed E-state index contributed by atoms with van der Waals surface area (Å²) in [5, 5.41) is 4.16. The Kier molecular flexibility index (Phi) is 6.00. The van der Waals surface area contributed by atoms with Gasteiger partial charge in [0, 0.05) is 21.4 Å². The number of benzene rings is 3. The third-order valence-electron chi connectivity index (χ3n) is 5.78. The van der Waals surface area contributed by atoms with Crippen molar-refractivity contribution in [3.8, 4) is 5.75 Å². The Balaban J connectivity index is 1.47. The molecule has 152 valence electrons. The number of hydrogen-bond acceptors (Lipinski definition) is 3. The highest BCUT2D eigenvalue weighted by Crippen LogP contribution is 2.52. The number of methoxy groups -OCH3 is 1. The molecule has 0 aliphatic heterocycles. The van der Waals surface area contributed by atoms with Crippen molar-refractivity contribution in [2.24, 2.45) is 11.0 Å². The maximum absolute atomic E-state index is 12.7. The minimum Gasteiger partial charge on any atom is -0.496 e. The predicted octanol–water partition coefficient (Wildman–Crippen LogP) is 5.30. The fourth-order valence-corrected chi connectivity index (χ4v) is 4.56. The Bertz CT molecular complexity index is 1000. The van der Waals surface area contributed by atoms with Crippen molar-refractivity contribution in [2.45, 2.75) is 18.3 Å². The Morgan fingerprint density at radius 2 is 1.63 bits per heavy atom. The highest BCUT2D eigenvalue weighted by Gasteiger charge is 2.49. The van der Waals surface area contributed by atoms with E-state index in [1.54, 1.807) is 13.3 Å². The van der Waals surface area contributed by atoms with E-state index < -0.39 is 0 Å². The van der Waals surface area contributed by atoms with Crippen LogP contribution in [0, 0.1) is 5.92 Å². The molecule has 1 N–H and O–H groups in total. The van der Waals surface area contributed by atoms with Crippen LogP contribution in [0.1, 0.15) is 29.5 Å². The molecular formula is C25H23BrN2O2. The average Bonchev–Trinajstić information content (AvgIpc) is 2.75. The van der Waals surface area contributed by atoms with Crippen molar-refractivity contribution >= 4 is 28.1 Å². The minimum atomic E-state index is -0.123. The maximum Gasteiger partial charge on any atom is 0.243 e. The summed E-state index contributed by atoms with van der Waals surface area (Å²) in [4.78, 5) is 12.7. The number of carbonyl (C=O) groups is 1. The van der Waals surface area contributed by atoms with E-state index in [0.717, 1.165) is 22.9 Å². The number of ether oxygens (including phenoxy) is 1. The van der Waals surface area contributed by atoms with Gasteiger partial charge < -0.3 is 4.74 Å². The fraction of sp³-hybridized carbons (Fsp3) is 0.200. The van der Waals surface area contributed by atoms with Gasteiger partial charge in [0.15, 0.2) is 0 Å². The van der Waals surface area contributed by atoms with Crippen molar-refractivity contribution in [1.29, 1.82) is 0 Å². The van der Waals surface area contributed by atoms with Crippen LogP contribution in [-0.4, -0.2) is 19.2 Å². The van der Waals surface area contributed by atoms with E-state index in [4.69, 9.17) is 4.74 Å². The summed E-state index contributed by atoms with van der Waals surface area (Å²) in [5.74, 6) is 0.571. The molecule has 5 heteroatoms. The molecular weight excluding hydrogens is 440 g/mol. The van der Waals surface area contributed by atoms with Gasteiger partial charge >= 0.3 is 0 Å². The number of rotatable bonds is 6. The second-order valence-corrected chi connectivity index (χ2v) is 8.46. The molecule has 1 aliphatic carbocycles. The normalized spacial score (nSPS) is 15.5. The molecule has 0 heterocycles. The molecule has 4 nitrogen and oxygen atoms in total. The largest absolute Gasteiger partial charge is 0.496 e. The van der Waals surface area contributed by atoms with E-state index in [9.17, 15) is 4.79 Å². The van der Waals surface area contributed by atoms with Gasteiger partial charge in [0.25, 0.3) is 0 Å². The summed E-state index contributed by atoms with van der Waals surface area (Å²) in [6, 6.07) is 26.5. The van der Waals surface area contributed by atoms with E-state index in [2.05, 4.69) is 75.0 Å². The molecule has 0 radical (unpaired) electrons. The van der Waals surface area contributed by atoms with Crippen LogP contribution < -0.4 is 10.2 Å². The van der Waals surface area contributed by atoms with Crippen LogP contribution in [0.2, 0.25) is 0 Å². The Labute approximate surface area is 185 Å². The maximum atomic E-state index is 12.7. The lowest BCUT2D eigenvalue weighted by molar-refractivity contribution is -0.129. The Hall–Kier alpha value is -2.92. The molecule has 1 aliphatic rings. The quantitative estimate of drug-likeness (QED) is 0.398. The SMILES string of the molecule is COc1ccc(Br)cc1/C=N/NC(=O)C1CC(c2ccccc2)(c2ccccc2)C1. The van der Waals surface area contributed by atoms with Gasteiger partial charge in [0.2, 0.25) is 5.91 Å². The zero-order valence-electron chi connectivity index (χ0n) is 16.7. The van der Waals surface area contributed by atoms with Gasteiger partial charge in [-0.1, -0.05) is 76.6 Å². The average molecular weight is 463 g/mol. The first-order chi connectivity index (χ1) is 14.6. The number of nitrogens with one attached hydrogen (secondary N) is 1. The monoisotopic (exact) mass is 462 g/mol. The van der Waals surface area contributed by atoms with Gasteiger partial charge in [0.05, 0.1) is 13.3 Å².